The molecule has 5 N–H and O–H groups in total. The normalized spacial score (nSPS) is 13.2. The molecule has 1 aliphatic rings. The Morgan fingerprint density at radius 2 is 1.96 bits per heavy atom. The predicted molar refractivity (Wildman–Crippen MR) is 102 cm³/mol. The highest BCUT2D eigenvalue weighted by Gasteiger charge is 2.25. The summed E-state index contributed by atoms with van der Waals surface area (Å²) in [4.78, 5) is 16.9. The minimum Gasteiger partial charge on any atom is -0.508 e. The number of anilines is 1. The summed E-state index contributed by atoms with van der Waals surface area (Å²) >= 11 is 0. The maximum Gasteiger partial charge on any atom is 0.253 e. The number of nitrogens with two attached hydrogens (primary N) is 2. The van der Waals surface area contributed by atoms with Crippen LogP contribution < -0.4 is 11.5 Å². The number of phenols is 1. The fourth-order valence-corrected chi connectivity index (χ4v) is 3.71. The highest BCUT2D eigenvalue weighted by atomic mass is 16.3. The van der Waals surface area contributed by atoms with Crippen molar-refractivity contribution in [2.45, 2.75) is 26.7 Å². The van der Waals surface area contributed by atoms with Crippen LogP contribution in [0.15, 0.2) is 30.4 Å². The van der Waals surface area contributed by atoms with E-state index in [0.717, 1.165) is 35.3 Å². The molecule has 0 spiro atoms. The zero-order chi connectivity index (χ0) is 18.6. The van der Waals surface area contributed by atoms with Crippen LogP contribution in [0, 0.1) is 13.8 Å². The largest absolute Gasteiger partial charge is 0.508 e. The molecular weight excluding hydrogens is 328 g/mol. The van der Waals surface area contributed by atoms with E-state index in [4.69, 9.17) is 16.5 Å². The van der Waals surface area contributed by atoms with Gasteiger partial charge in [0.25, 0.3) is 5.91 Å². The van der Waals surface area contributed by atoms with Crippen LogP contribution >= 0.6 is 0 Å². The number of allylic oxidation sites excluding steroid dienone is 2. The average molecular weight is 348 g/mol. The number of benzene rings is 1. The Hall–Kier alpha value is -3.28. The lowest BCUT2D eigenvalue weighted by Crippen LogP contribution is -2.14. The Kier molecular flexibility index (Phi) is 3.50. The van der Waals surface area contributed by atoms with Crippen molar-refractivity contribution in [2.24, 2.45) is 5.73 Å². The standard InChI is InChI=1S/C20H20N4O2/c1-10-7-8-15(25)11(2)17(10)24-18(21)16(19(22)26)13-9-12-5-3-4-6-14(12)23-20(13)24/h3-4,7-9,25H,5-6,21H2,1-2H3,(H2,22,26). The molecule has 1 amide bonds. The van der Waals surface area contributed by atoms with Crippen LogP contribution in [-0.4, -0.2) is 20.6 Å². The van der Waals surface area contributed by atoms with Gasteiger partial charge in [-0.05, 0) is 43.5 Å². The van der Waals surface area contributed by atoms with Crippen LogP contribution in [-0.2, 0) is 12.8 Å². The Balaban J connectivity index is 2.16. The molecule has 4 rings (SSSR count). The van der Waals surface area contributed by atoms with E-state index >= 15 is 0 Å². The van der Waals surface area contributed by atoms with E-state index in [0.29, 0.717) is 16.6 Å². The molecule has 6 nitrogen and oxygen atoms in total. The zero-order valence-electron chi connectivity index (χ0n) is 14.7. The number of amides is 1. The number of aromatic hydroxyl groups is 1. The minimum absolute atomic E-state index is 0.161. The summed E-state index contributed by atoms with van der Waals surface area (Å²) in [7, 11) is 0. The number of carbonyl (C=O) groups is 1. The molecular formula is C20H20N4O2. The lowest BCUT2D eigenvalue weighted by Gasteiger charge is -2.16. The molecule has 26 heavy (non-hydrogen) atoms. The van der Waals surface area contributed by atoms with Gasteiger partial charge in [-0.1, -0.05) is 18.2 Å². The van der Waals surface area contributed by atoms with Crippen LogP contribution in [0.5, 0.6) is 5.75 Å². The topological polar surface area (TPSA) is 107 Å². The van der Waals surface area contributed by atoms with Crippen molar-refractivity contribution in [3.63, 3.8) is 0 Å². The third-order valence-corrected chi connectivity index (χ3v) is 5.04. The number of carbonyl (C=O) groups excluding carboxylic acids is 1. The molecule has 0 saturated heterocycles. The van der Waals surface area contributed by atoms with Gasteiger partial charge in [-0.15, -0.1) is 0 Å². The Morgan fingerprint density at radius 1 is 1.23 bits per heavy atom. The Morgan fingerprint density at radius 3 is 2.69 bits per heavy atom. The van der Waals surface area contributed by atoms with E-state index in [2.05, 4.69) is 12.2 Å². The van der Waals surface area contributed by atoms with E-state index in [9.17, 15) is 9.90 Å². The van der Waals surface area contributed by atoms with Crippen molar-refractivity contribution >= 4 is 22.8 Å². The van der Waals surface area contributed by atoms with E-state index in [1.807, 2.05) is 26.0 Å². The molecule has 1 aromatic carbocycles. The van der Waals surface area contributed by atoms with Crippen molar-refractivity contribution in [1.82, 2.24) is 9.55 Å². The van der Waals surface area contributed by atoms with Gasteiger partial charge in [0.2, 0.25) is 0 Å². The molecule has 2 heterocycles. The van der Waals surface area contributed by atoms with E-state index in [1.54, 1.807) is 10.6 Å². The van der Waals surface area contributed by atoms with Crippen LogP contribution in [0.1, 0.15) is 32.7 Å². The fourth-order valence-electron chi connectivity index (χ4n) is 3.71. The van der Waals surface area contributed by atoms with Crippen molar-refractivity contribution in [3.8, 4) is 11.4 Å². The number of aromatic nitrogens is 2. The molecule has 0 saturated carbocycles. The summed E-state index contributed by atoms with van der Waals surface area (Å²) < 4.78 is 1.73. The van der Waals surface area contributed by atoms with Gasteiger partial charge in [-0.2, -0.15) is 0 Å². The highest BCUT2D eigenvalue weighted by molar-refractivity contribution is 6.11. The van der Waals surface area contributed by atoms with Crippen LogP contribution in [0.3, 0.4) is 0 Å². The molecule has 1 aliphatic carbocycles. The first-order valence-electron chi connectivity index (χ1n) is 8.47. The number of rotatable bonds is 2. The second-order valence-corrected chi connectivity index (χ2v) is 6.68. The summed E-state index contributed by atoms with van der Waals surface area (Å²) in [6, 6.07) is 5.42. The number of aryl methyl sites for hydroxylation is 1. The number of hydrogen-bond acceptors (Lipinski definition) is 4. The molecule has 0 bridgehead atoms. The van der Waals surface area contributed by atoms with Gasteiger partial charge in [0.1, 0.15) is 17.2 Å². The lowest BCUT2D eigenvalue weighted by molar-refractivity contribution is 0.100. The maximum absolute atomic E-state index is 12.1. The van der Waals surface area contributed by atoms with Crippen molar-refractivity contribution in [3.05, 3.63) is 58.3 Å². The quantitative estimate of drug-likeness (QED) is 0.619. The van der Waals surface area contributed by atoms with Crippen molar-refractivity contribution < 1.29 is 9.90 Å². The number of pyridine rings is 1. The molecule has 0 fully saturated rings. The van der Waals surface area contributed by atoms with Crippen LogP contribution in [0.2, 0.25) is 0 Å². The number of primary amides is 1. The number of nitrogen functional groups attached to an aromatic ring is 1. The van der Waals surface area contributed by atoms with Gasteiger partial charge in [-0.25, -0.2) is 4.98 Å². The van der Waals surface area contributed by atoms with Crippen molar-refractivity contribution in [1.29, 1.82) is 0 Å². The summed E-state index contributed by atoms with van der Waals surface area (Å²) in [5.74, 6) is -0.185. The fraction of sp³-hybridized carbons (Fsp3) is 0.200. The third kappa shape index (κ3) is 2.19. The van der Waals surface area contributed by atoms with E-state index < -0.39 is 5.91 Å². The number of nitrogens with zero attached hydrogens (tertiary/aromatic N) is 2. The molecule has 6 heteroatoms. The minimum atomic E-state index is -0.588. The molecule has 0 aliphatic heterocycles. The maximum atomic E-state index is 12.1. The summed E-state index contributed by atoms with van der Waals surface area (Å²) in [5, 5.41) is 10.8. The number of phenolic OH excluding ortho intramolecular Hbond substituents is 1. The Bertz CT molecular complexity index is 1110. The van der Waals surface area contributed by atoms with E-state index in [-0.39, 0.29) is 17.1 Å². The summed E-state index contributed by atoms with van der Waals surface area (Å²) in [5.41, 5.74) is 17.2. The van der Waals surface area contributed by atoms with Gasteiger partial charge < -0.3 is 16.6 Å². The van der Waals surface area contributed by atoms with Crippen molar-refractivity contribution in [2.75, 3.05) is 5.73 Å². The zero-order valence-corrected chi connectivity index (χ0v) is 14.7. The summed E-state index contributed by atoms with van der Waals surface area (Å²) in [6.45, 7) is 3.74. The second kappa shape index (κ2) is 5.62. The molecule has 0 unspecified atom stereocenters. The lowest BCUT2D eigenvalue weighted by atomic mass is 10.0. The monoisotopic (exact) mass is 348 g/mol. The average Bonchev–Trinajstić information content (AvgIpc) is 2.88. The molecule has 132 valence electrons. The first-order valence-corrected chi connectivity index (χ1v) is 8.47. The predicted octanol–water partition coefficient (Wildman–Crippen LogP) is 2.68. The first kappa shape index (κ1) is 16.2. The van der Waals surface area contributed by atoms with Gasteiger partial charge >= 0.3 is 0 Å². The SMILES string of the molecule is Cc1ccc(O)c(C)c1-n1c(N)c(C(N)=O)c2cc3c(nc21)CC=CC3. The first-order chi connectivity index (χ1) is 12.4. The highest BCUT2D eigenvalue weighted by Crippen LogP contribution is 2.36. The smallest absolute Gasteiger partial charge is 0.253 e. The molecule has 0 radical (unpaired) electrons. The van der Waals surface area contributed by atoms with E-state index in [1.165, 1.54) is 0 Å². The third-order valence-electron chi connectivity index (χ3n) is 5.04. The van der Waals surface area contributed by atoms with Gasteiger partial charge in [0.05, 0.1) is 16.9 Å². The Labute approximate surface area is 150 Å². The van der Waals surface area contributed by atoms with Gasteiger partial charge in [0, 0.05) is 17.4 Å². The summed E-state index contributed by atoms with van der Waals surface area (Å²) in [6.07, 6.45) is 5.67. The van der Waals surface area contributed by atoms with Crippen LogP contribution in [0.4, 0.5) is 5.82 Å². The molecule has 0 atom stereocenters. The second-order valence-electron chi connectivity index (χ2n) is 6.68. The number of fused-ring (bicyclic) bond motifs is 2. The molecule has 3 aromatic rings. The van der Waals surface area contributed by atoms with Gasteiger partial charge in [0.15, 0.2) is 0 Å². The number of hydrogen-bond donors (Lipinski definition) is 3. The molecule has 2 aromatic heterocycles. The van der Waals surface area contributed by atoms with Crippen LogP contribution in [0.25, 0.3) is 16.7 Å². The van der Waals surface area contributed by atoms with Gasteiger partial charge in [-0.3, -0.25) is 9.36 Å².